The fourth-order valence-electron chi connectivity index (χ4n) is 2.04. The van der Waals surface area contributed by atoms with Crippen molar-refractivity contribution < 1.29 is 13.9 Å². The Kier molecular flexibility index (Phi) is 12.0. The number of ether oxygens (including phenoxy) is 1. The monoisotopic (exact) mass is 494 g/mol. The summed E-state index contributed by atoms with van der Waals surface area (Å²) in [6.45, 7) is 9.13. The van der Waals surface area contributed by atoms with Gasteiger partial charge >= 0.3 is 0 Å². The lowest BCUT2D eigenvalue weighted by Crippen LogP contribution is -2.45. The lowest BCUT2D eigenvalue weighted by atomic mass is 9.96. The molecule has 1 aromatic rings. The Labute approximate surface area is 178 Å². The van der Waals surface area contributed by atoms with E-state index in [1.165, 1.54) is 6.07 Å². The molecule has 0 radical (unpaired) electrons. The number of para-hydroxylation sites is 1. The van der Waals surface area contributed by atoms with Gasteiger partial charge in [-0.15, -0.1) is 24.0 Å². The highest BCUT2D eigenvalue weighted by molar-refractivity contribution is 14.0. The van der Waals surface area contributed by atoms with E-state index < -0.39 is 5.41 Å². The Hall–Kier alpha value is -1.58. The average molecular weight is 494 g/mol. The molecule has 1 rings (SSSR count). The number of nitrogens with zero attached hydrogens (tertiary/aromatic N) is 1. The molecule has 1 aromatic carbocycles. The first-order valence-electron chi connectivity index (χ1n) is 8.92. The van der Waals surface area contributed by atoms with Crippen LogP contribution in [0.15, 0.2) is 29.3 Å². The van der Waals surface area contributed by atoms with Gasteiger partial charge in [0.15, 0.2) is 17.5 Å². The summed E-state index contributed by atoms with van der Waals surface area (Å²) in [5, 5.41) is 9.15. The molecule has 8 heteroatoms. The molecule has 1 amide bonds. The first kappa shape index (κ1) is 25.4. The summed E-state index contributed by atoms with van der Waals surface area (Å²) in [4.78, 5) is 15.9. The Bertz CT molecular complexity index is 606. The second kappa shape index (κ2) is 12.7. The molecule has 0 aliphatic rings. The van der Waals surface area contributed by atoms with Gasteiger partial charge in [0.05, 0.1) is 6.54 Å². The van der Waals surface area contributed by atoms with Crippen LogP contribution in [0.5, 0.6) is 5.75 Å². The van der Waals surface area contributed by atoms with Gasteiger partial charge in [0, 0.05) is 25.6 Å². The minimum Gasteiger partial charge on any atom is -0.486 e. The van der Waals surface area contributed by atoms with Crippen LogP contribution in [-0.4, -0.2) is 44.7 Å². The van der Waals surface area contributed by atoms with Gasteiger partial charge in [-0.05, 0) is 18.6 Å². The third-order valence-corrected chi connectivity index (χ3v) is 3.69. The largest absolute Gasteiger partial charge is 0.486 e. The Morgan fingerprint density at radius 3 is 2.37 bits per heavy atom. The fraction of sp³-hybridized carbons (Fsp3) is 0.579. The van der Waals surface area contributed by atoms with Crippen LogP contribution in [0.3, 0.4) is 0 Å². The normalized spacial score (nSPS) is 12.6. The molecule has 0 aromatic heterocycles. The third kappa shape index (κ3) is 9.78. The molecule has 0 aliphatic carbocycles. The number of carbonyl (C=O) groups is 1. The standard InChI is InChI=1S/C19H31FN4O2.HI/c1-6-14(26-16-10-8-7-9-15(16)20)13-24-18(21-5)23-12-11-22-17(25)19(2,3)4;/h7-10,14H,6,11-13H2,1-5H3,(H,22,25)(H2,21,23,24);1H. The molecule has 27 heavy (non-hydrogen) atoms. The molecule has 0 heterocycles. The van der Waals surface area contributed by atoms with E-state index in [0.717, 1.165) is 6.42 Å². The number of hydrogen-bond acceptors (Lipinski definition) is 3. The SMILES string of the molecule is CCC(CNC(=NC)NCCNC(=O)C(C)(C)C)Oc1ccccc1F.I. The third-order valence-electron chi connectivity index (χ3n) is 3.69. The molecule has 0 saturated carbocycles. The number of halogens is 2. The molecule has 0 fully saturated rings. The van der Waals surface area contributed by atoms with E-state index in [4.69, 9.17) is 4.74 Å². The Morgan fingerprint density at radius 1 is 1.19 bits per heavy atom. The molecular weight excluding hydrogens is 462 g/mol. The van der Waals surface area contributed by atoms with Crippen LogP contribution >= 0.6 is 24.0 Å². The van der Waals surface area contributed by atoms with Gasteiger partial charge in [0.1, 0.15) is 6.10 Å². The minimum atomic E-state index is -0.404. The van der Waals surface area contributed by atoms with Crippen LogP contribution < -0.4 is 20.7 Å². The van der Waals surface area contributed by atoms with Crippen LogP contribution in [0.1, 0.15) is 34.1 Å². The molecular formula is C19H32FIN4O2. The van der Waals surface area contributed by atoms with Gasteiger partial charge in [-0.25, -0.2) is 4.39 Å². The van der Waals surface area contributed by atoms with Gasteiger partial charge < -0.3 is 20.7 Å². The lowest BCUT2D eigenvalue weighted by molar-refractivity contribution is -0.128. The van der Waals surface area contributed by atoms with E-state index in [2.05, 4.69) is 20.9 Å². The zero-order chi connectivity index (χ0) is 19.6. The topological polar surface area (TPSA) is 74.8 Å². The number of benzene rings is 1. The zero-order valence-electron chi connectivity index (χ0n) is 16.8. The highest BCUT2D eigenvalue weighted by Gasteiger charge is 2.20. The smallest absolute Gasteiger partial charge is 0.225 e. The number of aliphatic imine (C=N–C) groups is 1. The van der Waals surface area contributed by atoms with Gasteiger partial charge in [-0.1, -0.05) is 39.8 Å². The minimum absolute atomic E-state index is 0. The zero-order valence-corrected chi connectivity index (χ0v) is 19.1. The first-order chi connectivity index (χ1) is 12.3. The van der Waals surface area contributed by atoms with E-state index in [1.807, 2.05) is 27.7 Å². The van der Waals surface area contributed by atoms with Crippen molar-refractivity contribution in [1.29, 1.82) is 0 Å². The van der Waals surface area contributed by atoms with Crippen LogP contribution in [0, 0.1) is 11.2 Å². The number of rotatable bonds is 8. The van der Waals surface area contributed by atoms with Crippen molar-refractivity contribution in [2.45, 2.75) is 40.2 Å². The number of nitrogens with one attached hydrogen (secondary N) is 3. The van der Waals surface area contributed by atoms with E-state index in [0.29, 0.717) is 25.6 Å². The summed E-state index contributed by atoms with van der Waals surface area (Å²) >= 11 is 0. The van der Waals surface area contributed by atoms with Gasteiger partial charge in [-0.2, -0.15) is 0 Å². The lowest BCUT2D eigenvalue weighted by Gasteiger charge is -2.21. The van der Waals surface area contributed by atoms with Crippen LogP contribution in [-0.2, 0) is 4.79 Å². The second-order valence-electron chi connectivity index (χ2n) is 6.96. The fourth-order valence-corrected chi connectivity index (χ4v) is 2.04. The van der Waals surface area contributed by atoms with Crippen LogP contribution in [0.25, 0.3) is 0 Å². The van der Waals surface area contributed by atoms with Gasteiger partial charge in [-0.3, -0.25) is 9.79 Å². The summed E-state index contributed by atoms with van der Waals surface area (Å²) in [7, 11) is 1.67. The molecule has 1 unspecified atom stereocenters. The first-order valence-corrected chi connectivity index (χ1v) is 8.92. The van der Waals surface area contributed by atoms with Crippen molar-refractivity contribution in [2.75, 3.05) is 26.7 Å². The van der Waals surface area contributed by atoms with E-state index in [1.54, 1.807) is 25.2 Å². The van der Waals surface area contributed by atoms with Crippen LogP contribution in [0.4, 0.5) is 4.39 Å². The maximum Gasteiger partial charge on any atom is 0.225 e. The highest BCUT2D eigenvalue weighted by atomic mass is 127. The summed E-state index contributed by atoms with van der Waals surface area (Å²) in [5.74, 6) is 0.481. The Balaban J connectivity index is 0.00000676. The van der Waals surface area contributed by atoms with Crippen LogP contribution in [0.2, 0.25) is 0 Å². The number of hydrogen-bond donors (Lipinski definition) is 3. The average Bonchev–Trinajstić information content (AvgIpc) is 2.60. The molecule has 3 N–H and O–H groups in total. The van der Waals surface area contributed by atoms with Crippen molar-refractivity contribution >= 4 is 35.8 Å². The summed E-state index contributed by atoms with van der Waals surface area (Å²) in [6, 6.07) is 6.36. The summed E-state index contributed by atoms with van der Waals surface area (Å²) in [6.07, 6.45) is 0.533. The molecule has 0 saturated heterocycles. The molecule has 6 nitrogen and oxygen atoms in total. The number of carbonyl (C=O) groups excluding carboxylic acids is 1. The predicted molar refractivity (Wildman–Crippen MR) is 118 cm³/mol. The molecule has 154 valence electrons. The molecule has 0 spiro atoms. The Morgan fingerprint density at radius 2 is 1.81 bits per heavy atom. The highest BCUT2D eigenvalue weighted by Crippen LogP contribution is 2.17. The van der Waals surface area contributed by atoms with E-state index in [-0.39, 0.29) is 47.6 Å². The number of guanidine groups is 1. The predicted octanol–water partition coefficient (Wildman–Crippen LogP) is 2.93. The second-order valence-corrected chi connectivity index (χ2v) is 6.96. The van der Waals surface area contributed by atoms with E-state index >= 15 is 0 Å². The van der Waals surface area contributed by atoms with Crippen molar-refractivity contribution in [3.63, 3.8) is 0 Å². The molecule has 1 atom stereocenters. The maximum atomic E-state index is 13.7. The summed E-state index contributed by atoms with van der Waals surface area (Å²) < 4.78 is 19.4. The van der Waals surface area contributed by atoms with Crippen molar-refractivity contribution in [3.05, 3.63) is 30.1 Å². The van der Waals surface area contributed by atoms with Gasteiger partial charge in [0.25, 0.3) is 0 Å². The van der Waals surface area contributed by atoms with Crippen molar-refractivity contribution in [1.82, 2.24) is 16.0 Å². The quantitative estimate of drug-likeness (QED) is 0.225. The molecule has 0 aliphatic heterocycles. The van der Waals surface area contributed by atoms with Crippen molar-refractivity contribution in [3.8, 4) is 5.75 Å². The van der Waals surface area contributed by atoms with Crippen molar-refractivity contribution in [2.24, 2.45) is 10.4 Å². The molecule has 0 bridgehead atoms. The number of amides is 1. The summed E-state index contributed by atoms with van der Waals surface area (Å²) in [5.41, 5.74) is -0.404. The maximum absolute atomic E-state index is 13.7. The van der Waals surface area contributed by atoms with Gasteiger partial charge in [0.2, 0.25) is 5.91 Å². The van der Waals surface area contributed by atoms with E-state index in [9.17, 15) is 9.18 Å².